The SMILES string of the molecule is CC(C)C(CNC(=O)CCc1ccccc1F)N1CCOCC1. The van der Waals surface area contributed by atoms with Gasteiger partial charge in [0.05, 0.1) is 13.2 Å². The number of hydrogen-bond donors (Lipinski definition) is 1. The van der Waals surface area contributed by atoms with Crippen LogP contribution >= 0.6 is 0 Å². The van der Waals surface area contributed by atoms with Gasteiger partial charge in [0, 0.05) is 32.1 Å². The van der Waals surface area contributed by atoms with E-state index in [1.807, 2.05) is 0 Å². The summed E-state index contributed by atoms with van der Waals surface area (Å²) < 4.78 is 18.9. The molecule has 1 heterocycles. The molecule has 0 saturated carbocycles. The fraction of sp³-hybridized carbons (Fsp3) is 0.611. The van der Waals surface area contributed by atoms with Crippen molar-refractivity contribution in [2.75, 3.05) is 32.8 Å². The topological polar surface area (TPSA) is 41.6 Å². The molecule has 1 aliphatic rings. The summed E-state index contributed by atoms with van der Waals surface area (Å²) in [4.78, 5) is 14.4. The molecule has 0 aliphatic carbocycles. The van der Waals surface area contributed by atoms with Crippen LogP contribution in [0.3, 0.4) is 0 Å². The first kappa shape index (κ1) is 17.9. The summed E-state index contributed by atoms with van der Waals surface area (Å²) in [5.74, 6) is 0.195. The van der Waals surface area contributed by atoms with Crippen molar-refractivity contribution in [3.8, 4) is 0 Å². The number of ether oxygens (including phenoxy) is 1. The van der Waals surface area contributed by atoms with E-state index in [2.05, 4.69) is 24.1 Å². The van der Waals surface area contributed by atoms with Gasteiger partial charge in [-0.25, -0.2) is 4.39 Å². The first-order valence-electron chi connectivity index (χ1n) is 8.40. The van der Waals surface area contributed by atoms with Crippen LogP contribution < -0.4 is 5.32 Å². The van der Waals surface area contributed by atoms with Gasteiger partial charge in [0.1, 0.15) is 5.82 Å². The van der Waals surface area contributed by atoms with E-state index >= 15 is 0 Å². The van der Waals surface area contributed by atoms with Crippen molar-refractivity contribution < 1.29 is 13.9 Å². The second-order valence-corrected chi connectivity index (χ2v) is 6.36. The van der Waals surface area contributed by atoms with Crippen LogP contribution in [0.15, 0.2) is 24.3 Å². The Morgan fingerprint density at radius 3 is 2.65 bits per heavy atom. The highest BCUT2D eigenvalue weighted by atomic mass is 19.1. The Kier molecular flexibility index (Phi) is 6.99. The molecule has 0 spiro atoms. The van der Waals surface area contributed by atoms with Gasteiger partial charge in [-0.15, -0.1) is 0 Å². The molecule has 4 nitrogen and oxygen atoms in total. The van der Waals surface area contributed by atoms with Crippen molar-refractivity contribution in [1.82, 2.24) is 10.2 Å². The molecule has 1 atom stereocenters. The Hall–Kier alpha value is -1.46. The molecule has 1 unspecified atom stereocenters. The predicted molar refractivity (Wildman–Crippen MR) is 88.7 cm³/mol. The van der Waals surface area contributed by atoms with Gasteiger partial charge in [0.25, 0.3) is 0 Å². The molecule has 128 valence electrons. The van der Waals surface area contributed by atoms with Crippen molar-refractivity contribution in [3.05, 3.63) is 35.6 Å². The monoisotopic (exact) mass is 322 g/mol. The lowest BCUT2D eigenvalue weighted by Crippen LogP contribution is -2.51. The summed E-state index contributed by atoms with van der Waals surface area (Å²) in [6.07, 6.45) is 0.747. The molecule has 1 N–H and O–H groups in total. The maximum Gasteiger partial charge on any atom is 0.220 e. The van der Waals surface area contributed by atoms with E-state index in [4.69, 9.17) is 4.74 Å². The third-order valence-corrected chi connectivity index (χ3v) is 4.37. The Balaban J connectivity index is 1.78. The Bertz CT molecular complexity index is 502. The molecule has 0 aromatic heterocycles. The third-order valence-electron chi connectivity index (χ3n) is 4.37. The lowest BCUT2D eigenvalue weighted by molar-refractivity contribution is -0.121. The van der Waals surface area contributed by atoms with E-state index in [0.717, 1.165) is 26.3 Å². The number of nitrogens with one attached hydrogen (secondary N) is 1. The summed E-state index contributed by atoms with van der Waals surface area (Å²) in [6, 6.07) is 6.93. The zero-order chi connectivity index (χ0) is 16.7. The Morgan fingerprint density at radius 1 is 1.30 bits per heavy atom. The van der Waals surface area contributed by atoms with Gasteiger partial charge in [-0.3, -0.25) is 9.69 Å². The van der Waals surface area contributed by atoms with Gasteiger partial charge in [-0.1, -0.05) is 32.0 Å². The van der Waals surface area contributed by atoms with Gasteiger partial charge in [-0.2, -0.15) is 0 Å². The van der Waals surface area contributed by atoms with Crippen LogP contribution in [0.5, 0.6) is 0 Å². The molecule has 1 aromatic rings. The van der Waals surface area contributed by atoms with Crippen LogP contribution in [0.2, 0.25) is 0 Å². The lowest BCUT2D eigenvalue weighted by Gasteiger charge is -2.36. The molecule has 1 aromatic carbocycles. The first-order chi connectivity index (χ1) is 11.1. The van der Waals surface area contributed by atoms with Crippen LogP contribution in [0.25, 0.3) is 0 Å². The molecular formula is C18H27FN2O2. The number of carbonyl (C=O) groups excluding carboxylic acids is 1. The molecule has 1 amide bonds. The van der Waals surface area contributed by atoms with E-state index in [1.165, 1.54) is 6.07 Å². The number of amides is 1. The highest BCUT2D eigenvalue weighted by Gasteiger charge is 2.24. The van der Waals surface area contributed by atoms with E-state index in [1.54, 1.807) is 18.2 Å². The average Bonchev–Trinajstić information content (AvgIpc) is 2.55. The van der Waals surface area contributed by atoms with E-state index in [9.17, 15) is 9.18 Å². The molecule has 2 rings (SSSR count). The normalized spacial score (nSPS) is 17.2. The van der Waals surface area contributed by atoms with Crippen molar-refractivity contribution >= 4 is 5.91 Å². The molecule has 0 radical (unpaired) electrons. The number of hydrogen-bond acceptors (Lipinski definition) is 3. The van der Waals surface area contributed by atoms with Crippen LogP contribution in [-0.4, -0.2) is 49.7 Å². The number of halogens is 1. The van der Waals surface area contributed by atoms with Crippen molar-refractivity contribution in [2.45, 2.75) is 32.7 Å². The van der Waals surface area contributed by atoms with Crippen molar-refractivity contribution in [1.29, 1.82) is 0 Å². The number of carbonyl (C=O) groups is 1. The minimum absolute atomic E-state index is 0.0211. The molecule has 23 heavy (non-hydrogen) atoms. The zero-order valence-corrected chi connectivity index (χ0v) is 14.1. The van der Waals surface area contributed by atoms with Crippen molar-refractivity contribution in [2.24, 2.45) is 5.92 Å². The number of benzene rings is 1. The summed E-state index contributed by atoms with van der Waals surface area (Å²) >= 11 is 0. The molecule has 1 saturated heterocycles. The minimum atomic E-state index is -0.242. The summed E-state index contributed by atoms with van der Waals surface area (Å²) in [5.41, 5.74) is 0.594. The quantitative estimate of drug-likeness (QED) is 0.837. The predicted octanol–water partition coefficient (Wildman–Crippen LogP) is 2.23. The van der Waals surface area contributed by atoms with Crippen LogP contribution in [0.4, 0.5) is 4.39 Å². The van der Waals surface area contributed by atoms with Gasteiger partial charge < -0.3 is 10.1 Å². The molecule has 1 aliphatic heterocycles. The molecule has 1 fully saturated rings. The van der Waals surface area contributed by atoms with Gasteiger partial charge in [0.2, 0.25) is 5.91 Å². The number of morpholine rings is 1. The smallest absolute Gasteiger partial charge is 0.220 e. The standard InChI is InChI=1S/C18H27FN2O2/c1-14(2)17(21-9-11-23-12-10-21)13-20-18(22)8-7-15-5-3-4-6-16(15)19/h3-6,14,17H,7-13H2,1-2H3,(H,20,22). The maximum atomic E-state index is 13.6. The highest BCUT2D eigenvalue weighted by Crippen LogP contribution is 2.13. The second-order valence-electron chi connectivity index (χ2n) is 6.36. The Labute approximate surface area is 138 Å². The summed E-state index contributed by atoms with van der Waals surface area (Å²) in [7, 11) is 0. The lowest BCUT2D eigenvalue weighted by atomic mass is 10.0. The average molecular weight is 322 g/mol. The molecule has 5 heteroatoms. The van der Waals surface area contributed by atoms with Crippen LogP contribution in [0.1, 0.15) is 25.8 Å². The van der Waals surface area contributed by atoms with Gasteiger partial charge in [0.15, 0.2) is 0 Å². The third kappa shape index (κ3) is 5.59. The fourth-order valence-corrected chi connectivity index (χ4v) is 2.95. The van der Waals surface area contributed by atoms with Gasteiger partial charge >= 0.3 is 0 Å². The van der Waals surface area contributed by atoms with E-state index < -0.39 is 0 Å². The fourth-order valence-electron chi connectivity index (χ4n) is 2.95. The van der Waals surface area contributed by atoms with Crippen molar-refractivity contribution in [3.63, 3.8) is 0 Å². The first-order valence-corrected chi connectivity index (χ1v) is 8.40. The van der Waals surface area contributed by atoms with Gasteiger partial charge in [-0.05, 0) is 24.0 Å². The number of nitrogens with zero attached hydrogens (tertiary/aromatic N) is 1. The zero-order valence-electron chi connectivity index (χ0n) is 14.1. The largest absolute Gasteiger partial charge is 0.379 e. The van der Waals surface area contributed by atoms with Crippen LogP contribution in [0, 0.1) is 11.7 Å². The van der Waals surface area contributed by atoms with E-state index in [-0.39, 0.29) is 11.7 Å². The molecule has 0 bridgehead atoms. The summed E-state index contributed by atoms with van der Waals surface area (Å²) in [6.45, 7) is 8.31. The molecular weight excluding hydrogens is 295 g/mol. The highest BCUT2D eigenvalue weighted by molar-refractivity contribution is 5.76. The maximum absolute atomic E-state index is 13.6. The number of rotatable bonds is 7. The summed E-state index contributed by atoms with van der Waals surface area (Å²) in [5, 5.41) is 3.01. The second kappa shape index (κ2) is 8.99. The minimum Gasteiger partial charge on any atom is -0.379 e. The van der Waals surface area contributed by atoms with E-state index in [0.29, 0.717) is 36.9 Å². The van der Waals surface area contributed by atoms with Crippen LogP contribution in [-0.2, 0) is 16.0 Å². The number of aryl methyl sites for hydroxylation is 1. The Morgan fingerprint density at radius 2 is 2.00 bits per heavy atom.